The predicted molar refractivity (Wildman–Crippen MR) is 113 cm³/mol. The molecule has 2 aliphatic rings. The number of likely N-dealkylation sites (N-methyl/N-ethyl adjacent to an activating group) is 1. The smallest absolute Gasteiger partial charge is 0.227 e. The molecule has 148 valence electrons. The van der Waals surface area contributed by atoms with Gasteiger partial charge < -0.3 is 9.80 Å². The molecule has 1 aromatic carbocycles. The van der Waals surface area contributed by atoms with Gasteiger partial charge in [0.1, 0.15) is 0 Å². The molecule has 2 amide bonds. The van der Waals surface area contributed by atoms with Gasteiger partial charge in [0.15, 0.2) is 0 Å². The molecule has 0 radical (unpaired) electrons. The molecule has 2 fully saturated rings. The van der Waals surface area contributed by atoms with Gasteiger partial charge in [-0.25, -0.2) is 0 Å². The van der Waals surface area contributed by atoms with Crippen LogP contribution >= 0.6 is 11.3 Å². The summed E-state index contributed by atoms with van der Waals surface area (Å²) in [4.78, 5) is 31.2. The van der Waals surface area contributed by atoms with E-state index in [0.29, 0.717) is 32.6 Å². The Morgan fingerprint density at radius 1 is 1.14 bits per heavy atom. The van der Waals surface area contributed by atoms with Crippen molar-refractivity contribution in [3.05, 3.63) is 47.3 Å². The number of hydrogen-bond acceptors (Lipinski definition) is 3. The van der Waals surface area contributed by atoms with E-state index in [9.17, 15) is 9.59 Å². The van der Waals surface area contributed by atoms with Gasteiger partial charge in [-0.3, -0.25) is 9.59 Å². The summed E-state index contributed by atoms with van der Waals surface area (Å²) in [5.41, 5.74) is 2.40. The Labute approximate surface area is 171 Å². The molecule has 1 unspecified atom stereocenters. The minimum atomic E-state index is -0.174. The highest BCUT2D eigenvalue weighted by atomic mass is 32.1. The number of thiophene rings is 1. The Morgan fingerprint density at radius 2 is 1.96 bits per heavy atom. The Morgan fingerprint density at radius 3 is 2.64 bits per heavy atom. The number of carbonyl (C=O) groups is 2. The van der Waals surface area contributed by atoms with Gasteiger partial charge in [-0.15, -0.1) is 11.3 Å². The molecule has 2 heterocycles. The zero-order valence-electron chi connectivity index (χ0n) is 16.5. The van der Waals surface area contributed by atoms with Gasteiger partial charge >= 0.3 is 0 Å². The molecule has 4 rings (SSSR count). The zero-order valence-corrected chi connectivity index (χ0v) is 17.3. The lowest BCUT2D eigenvalue weighted by atomic mass is 9.84. The largest absolute Gasteiger partial charge is 0.341 e. The van der Waals surface area contributed by atoms with E-state index in [-0.39, 0.29) is 23.7 Å². The normalized spacial score (nSPS) is 20.8. The molecule has 1 aromatic heterocycles. The van der Waals surface area contributed by atoms with E-state index in [1.54, 1.807) is 11.3 Å². The van der Waals surface area contributed by atoms with Crippen LogP contribution in [0.25, 0.3) is 10.4 Å². The van der Waals surface area contributed by atoms with Crippen molar-refractivity contribution in [2.75, 3.05) is 26.2 Å². The topological polar surface area (TPSA) is 40.6 Å². The first-order valence-electron chi connectivity index (χ1n) is 10.4. The van der Waals surface area contributed by atoms with Gasteiger partial charge in [0, 0.05) is 37.0 Å². The van der Waals surface area contributed by atoms with Crippen molar-refractivity contribution in [3.8, 4) is 10.4 Å². The van der Waals surface area contributed by atoms with Gasteiger partial charge in [-0.2, -0.15) is 0 Å². The third-order valence-electron chi connectivity index (χ3n) is 6.16. The third kappa shape index (κ3) is 3.86. The fourth-order valence-electron chi connectivity index (χ4n) is 4.26. The fraction of sp³-hybridized carbons (Fsp3) is 0.478. The van der Waals surface area contributed by atoms with Gasteiger partial charge in [-0.05, 0) is 48.8 Å². The number of hydrogen-bond donors (Lipinski definition) is 0. The Balaban J connectivity index is 1.59. The molecular formula is C23H28N2O2S. The van der Waals surface area contributed by atoms with Crippen molar-refractivity contribution in [2.45, 2.75) is 32.6 Å². The average molecular weight is 397 g/mol. The van der Waals surface area contributed by atoms with E-state index >= 15 is 0 Å². The van der Waals surface area contributed by atoms with Crippen molar-refractivity contribution in [3.63, 3.8) is 0 Å². The van der Waals surface area contributed by atoms with Crippen LogP contribution in [0.4, 0.5) is 0 Å². The SMILES string of the molecule is CCN1CCN(C(=O)C2CCC2)CC(Cc2ccccc2-c2cccs2)C1=O. The monoisotopic (exact) mass is 396 g/mol. The standard InChI is InChI=1S/C23H28N2O2S/c1-2-24-12-13-25(22(26)17-8-5-9-17)16-19(23(24)27)15-18-7-3-4-10-20(18)21-11-6-14-28-21/h3-4,6-7,10-11,14,17,19H,2,5,8-9,12-13,15-16H2,1H3. The molecule has 1 aliphatic heterocycles. The number of amides is 2. The summed E-state index contributed by atoms with van der Waals surface area (Å²) in [7, 11) is 0. The Hall–Kier alpha value is -2.14. The van der Waals surface area contributed by atoms with Crippen LogP contribution in [0.15, 0.2) is 41.8 Å². The van der Waals surface area contributed by atoms with Crippen molar-refractivity contribution >= 4 is 23.2 Å². The Kier molecular flexibility index (Phi) is 5.81. The fourth-order valence-corrected chi connectivity index (χ4v) is 5.05. The molecule has 2 aromatic rings. The van der Waals surface area contributed by atoms with Crippen LogP contribution in [-0.4, -0.2) is 47.8 Å². The lowest BCUT2D eigenvalue weighted by molar-refractivity contribution is -0.138. The average Bonchev–Trinajstić information content (AvgIpc) is 3.14. The molecule has 0 spiro atoms. The lowest BCUT2D eigenvalue weighted by Gasteiger charge is -2.32. The number of nitrogens with zero attached hydrogens (tertiary/aromatic N) is 2. The van der Waals surface area contributed by atoms with E-state index in [4.69, 9.17) is 0 Å². The summed E-state index contributed by atoms with van der Waals surface area (Å²) in [6, 6.07) is 12.5. The van der Waals surface area contributed by atoms with Crippen molar-refractivity contribution in [2.24, 2.45) is 11.8 Å². The van der Waals surface area contributed by atoms with Crippen LogP contribution in [0, 0.1) is 11.8 Å². The summed E-state index contributed by atoms with van der Waals surface area (Å²) in [5, 5.41) is 2.08. The maximum atomic E-state index is 13.2. The van der Waals surface area contributed by atoms with Gasteiger partial charge in [-0.1, -0.05) is 36.8 Å². The van der Waals surface area contributed by atoms with Gasteiger partial charge in [0.2, 0.25) is 11.8 Å². The molecule has 1 atom stereocenters. The lowest BCUT2D eigenvalue weighted by Crippen LogP contribution is -2.42. The second-order valence-corrected chi connectivity index (χ2v) is 8.81. The summed E-state index contributed by atoms with van der Waals surface area (Å²) in [6.45, 7) is 4.59. The minimum Gasteiger partial charge on any atom is -0.341 e. The van der Waals surface area contributed by atoms with Crippen LogP contribution in [0.1, 0.15) is 31.7 Å². The maximum absolute atomic E-state index is 13.2. The molecule has 1 saturated carbocycles. The second-order valence-electron chi connectivity index (χ2n) is 7.87. The third-order valence-corrected chi connectivity index (χ3v) is 7.06. The van der Waals surface area contributed by atoms with Crippen LogP contribution in [-0.2, 0) is 16.0 Å². The van der Waals surface area contributed by atoms with E-state index < -0.39 is 0 Å². The Bertz CT molecular complexity index is 829. The van der Waals surface area contributed by atoms with E-state index in [2.05, 4.69) is 35.7 Å². The molecule has 0 bridgehead atoms. The summed E-state index contributed by atoms with van der Waals surface area (Å²) in [6.07, 6.45) is 3.85. The molecule has 1 aliphatic carbocycles. The second kappa shape index (κ2) is 8.48. The quantitative estimate of drug-likeness (QED) is 0.765. The maximum Gasteiger partial charge on any atom is 0.227 e. The van der Waals surface area contributed by atoms with Crippen LogP contribution in [0.5, 0.6) is 0 Å². The van der Waals surface area contributed by atoms with E-state index in [1.807, 2.05) is 22.8 Å². The molecular weight excluding hydrogens is 368 g/mol. The number of rotatable bonds is 5. The highest BCUT2D eigenvalue weighted by molar-refractivity contribution is 7.13. The molecule has 0 N–H and O–H groups in total. The van der Waals surface area contributed by atoms with Crippen LogP contribution in [0.3, 0.4) is 0 Å². The van der Waals surface area contributed by atoms with Gasteiger partial charge in [0.05, 0.1) is 5.92 Å². The van der Waals surface area contributed by atoms with E-state index in [1.165, 1.54) is 16.0 Å². The first-order chi connectivity index (χ1) is 13.7. The first kappa shape index (κ1) is 19.2. The molecule has 5 heteroatoms. The molecule has 28 heavy (non-hydrogen) atoms. The highest BCUT2D eigenvalue weighted by Crippen LogP contribution is 2.32. The van der Waals surface area contributed by atoms with Crippen molar-refractivity contribution in [1.82, 2.24) is 9.80 Å². The first-order valence-corrected chi connectivity index (χ1v) is 11.2. The van der Waals surface area contributed by atoms with Crippen LogP contribution < -0.4 is 0 Å². The van der Waals surface area contributed by atoms with Crippen LogP contribution in [0.2, 0.25) is 0 Å². The highest BCUT2D eigenvalue weighted by Gasteiger charge is 2.36. The van der Waals surface area contributed by atoms with Gasteiger partial charge in [0.25, 0.3) is 0 Å². The zero-order chi connectivity index (χ0) is 19.5. The van der Waals surface area contributed by atoms with Crippen molar-refractivity contribution in [1.29, 1.82) is 0 Å². The van der Waals surface area contributed by atoms with E-state index in [0.717, 1.165) is 19.3 Å². The summed E-state index contributed by atoms with van der Waals surface area (Å²) < 4.78 is 0. The molecule has 4 nitrogen and oxygen atoms in total. The number of carbonyl (C=O) groups excluding carboxylic acids is 2. The van der Waals surface area contributed by atoms with Crippen molar-refractivity contribution < 1.29 is 9.59 Å². The summed E-state index contributed by atoms with van der Waals surface area (Å²) >= 11 is 1.72. The minimum absolute atomic E-state index is 0.174. The number of benzene rings is 1. The molecule has 1 saturated heterocycles. The summed E-state index contributed by atoms with van der Waals surface area (Å²) in [5.74, 6) is 0.454. The predicted octanol–water partition coefficient (Wildman–Crippen LogP) is 4.06.